The normalized spacial score (nSPS) is 15.9. The summed E-state index contributed by atoms with van der Waals surface area (Å²) in [4.78, 5) is 23.9. The molecule has 0 bridgehead atoms. The van der Waals surface area contributed by atoms with E-state index < -0.39 is 11.9 Å². The van der Waals surface area contributed by atoms with Gasteiger partial charge in [-0.05, 0) is 42.8 Å². The summed E-state index contributed by atoms with van der Waals surface area (Å²) >= 11 is 6.50. The van der Waals surface area contributed by atoms with Crippen LogP contribution in [-0.4, -0.2) is 16.9 Å². The van der Waals surface area contributed by atoms with E-state index in [0.29, 0.717) is 45.5 Å². The van der Waals surface area contributed by atoms with Gasteiger partial charge in [-0.1, -0.05) is 54.1 Å². The Kier molecular flexibility index (Phi) is 5.98. The molecule has 5 rings (SSSR count). The first-order valence-electron chi connectivity index (χ1n) is 11.0. The summed E-state index contributed by atoms with van der Waals surface area (Å²) in [5, 5.41) is 3.68. The lowest BCUT2D eigenvalue weighted by molar-refractivity contribution is -0.114. The molecule has 35 heavy (non-hydrogen) atoms. The van der Waals surface area contributed by atoms with Crippen LogP contribution < -0.4 is 21.7 Å². The Balaban J connectivity index is 1.66. The molecule has 2 heterocycles. The molecule has 0 saturated carbocycles. The molecule has 1 unspecified atom stereocenters. The molecule has 0 spiro atoms. The van der Waals surface area contributed by atoms with Crippen LogP contribution in [0.25, 0.3) is 11.1 Å². The molecule has 4 aromatic rings. The average molecular weight is 487 g/mol. The molecule has 1 aliphatic rings. The van der Waals surface area contributed by atoms with Crippen LogP contribution in [0.4, 0.5) is 11.7 Å². The lowest BCUT2D eigenvalue weighted by Gasteiger charge is -2.34. The van der Waals surface area contributed by atoms with Gasteiger partial charge in [-0.3, -0.25) is 15.0 Å². The Morgan fingerprint density at radius 2 is 1.80 bits per heavy atom. The predicted molar refractivity (Wildman–Crippen MR) is 138 cm³/mol. The third kappa shape index (κ3) is 4.25. The van der Waals surface area contributed by atoms with Gasteiger partial charge in [0.05, 0.1) is 5.57 Å². The van der Waals surface area contributed by atoms with Crippen molar-refractivity contribution in [1.82, 2.24) is 4.98 Å². The van der Waals surface area contributed by atoms with Crippen molar-refractivity contribution in [3.8, 4) is 0 Å². The number of primary amides is 1. The van der Waals surface area contributed by atoms with Crippen LogP contribution in [0.2, 0.25) is 5.02 Å². The molecule has 1 aromatic heterocycles. The van der Waals surface area contributed by atoms with E-state index >= 15 is 0 Å². The van der Waals surface area contributed by atoms with Gasteiger partial charge in [0.25, 0.3) is 0 Å². The second-order valence-electron chi connectivity index (χ2n) is 8.06. The van der Waals surface area contributed by atoms with Crippen molar-refractivity contribution in [1.29, 1.82) is 0 Å². The standard InChI is InChI=1S/C26H23ClN6O2/c1-15-22(24(29)34)23(18-6-2-3-7-19(18)27)31-25(33(15)17-12-10-16(14-28)11-13-17)32-26-30-20-8-4-5-9-21(20)35-26/h2-13,23H,14,28H2,1H3,(H2,29,34)(H,30,31,32). The lowest BCUT2D eigenvalue weighted by atomic mass is 9.95. The Morgan fingerprint density at radius 3 is 2.49 bits per heavy atom. The third-order valence-electron chi connectivity index (χ3n) is 5.87. The Morgan fingerprint density at radius 1 is 1.09 bits per heavy atom. The largest absolute Gasteiger partial charge is 0.423 e. The second-order valence-corrected chi connectivity index (χ2v) is 8.47. The van der Waals surface area contributed by atoms with Gasteiger partial charge >= 0.3 is 6.01 Å². The zero-order valence-electron chi connectivity index (χ0n) is 18.9. The first-order valence-corrected chi connectivity index (χ1v) is 11.4. The molecule has 1 aliphatic heterocycles. The number of carbonyl (C=O) groups is 1. The number of carbonyl (C=O) groups excluding carboxylic acids is 1. The number of anilines is 2. The van der Waals surface area contributed by atoms with Gasteiger partial charge in [0.2, 0.25) is 11.9 Å². The maximum atomic E-state index is 12.7. The van der Waals surface area contributed by atoms with Crippen LogP contribution in [0.3, 0.4) is 0 Å². The molecule has 176 valence electrons. The van der Waals surface area contributed by atoms with E-state index in [-0.39, 0.29) is 6.01 Å². The van der Waals surface area contributed by atoms with Crippen LogP contribution in [0.5, 0.6) is 0 Å². The van der Waals surface area contributed by atoms with E-state index in [1.165, 1.54) is 0 Å². The van der Waals surface area contributed by atoms with Gasteiger partial charge in [0.15, 0.2) is 5.58 Å². The minimum atomic E-state index is -0.715. The highest BCUT2D eigenvalue weighted by Crippen LogP contribution is 2.39. The Labute approximate surface area is 206 Å². The number of aliphatic imine (C=N–C) groups is 1. The first-order chi connectivity index (χ1) is 17.0. The Bertz CT molecular complexity index is 1440. The van der Waals surface area contributed by atoms with Crippen molar-refractivity contribution in [2.45, 2.75) is 19.5 Å². The van der Waals surface area contributed by atoms with E-state index in [1.54, 1.807) is 6.07 Å². The fraction of sp³-hybridized carbons (Fsp3) is 0.115. The van der Waals surface area contributed by atoms with Gasteiger partial charge in [0, 0.05) is 28.5 Å². The summed E-state index contributed by atoms with van der Waals surface area (Å²) in [5.41, 5.74) is 16.3. The summed E-state index contributed by atoms with van der Waals surface area (Å²) in [6.07, 6.45) is 0. The third-order valence-corrected chi connectivity index (χ3v) is 6.21. The molecule has 8 nitrogen and oxygen atoms in total. The molecule has 9 heteroatoms. The van der Waals surface area contributed by atoms with Crippen LogP contribution in [0, 0.1) is 0 Å². The number of halogens is 1. The molecule has 1 amide bonds. The SMILES string of the molecule is CC1=C(C(N)=O)C(c2ccccc2Cl)N=C(Nc2nc3ccccc3o2)N1c1ccc(CN)cc1. The quantitative estimate of drug-likeness (QED) is 0.375. The molecule has 1 atom stereocenters. The number of rotatable bonds is 5. The van der Waals surface area contributed by atoms with Gasteiger partial charge in [-0.2, -0.15) is 4.98 Å². The van der Waals surface area contributed by atoms with E-state index in [9.17, 15) is 4.79 Å². The fourth-order valence-corrected chi connectivity index (χ4v) is 4.40. The van der Waals surface area contributed by atoms with Crippen molar-refractivity contribution < 1.29 is 9.21 Å². The van der Waals surface area contributed by atoms with Gasteiger partial charge in [-0.25, -0.2) is 4.99 Å². The minimum absolute atomic E-state index is 0.266. The van der Waals surface area contributed by atoms with E-state index in [0.717, 1.165) is 11.3 Å². The van der Waals surface area contributed by atoms with Crippen molar-refractivity contribution in [2.75, 3.05) is 10.2 Å². The highest BCUT2D eigenvalue weighted by molar-refractivity contribution is 6.31. The van der Waals surface area contributed by atoms with Gasteiger partial charge in [-0.15, -0.1) is 0 Å². The molecular weight excluding hydrogens is 464 g/mol. The van der Waals surface area contributed by atoms with E-state index in [2.05, 4.69) is 10.3 Å². The molecule has 0 saturated heterocycles. The first kappa shape index (κ1) is 22.6. The smallest absolute Gasteiger partial charge is 0.302 e. The maximum Gasteiger partial charge on any atom is 0.302 e. The zero-order valence-corrected chi connectivity index (χ0v) is 19.7. The number of fused-ring (bicyclic) bond motifs is 1. The second kappa shape index (κ2) is 9.25. The van der Waals surface area contributed by atoms with Crippen molar-refractivity contribution in [2.24, 2.45) is 16.5 Å². The van der Waals surface area contributed by atoms with Crippen LogP contribution in [-0.2, 0) is 11.3 Å². The van der Waals surface area contributed by atoms with E-state index in [1.807, 2.05) is 78.6 Å². The topological polar surface area (TPSA) is 123 Å². The lowest BCUT2D eigenvalue weighted by Crippen LogP contribution is -2.41. The predicted octanol–water partition coefficient (Wildman–Crippen LogP) is 4.73. The number of amides is 1. The number of allylic oxidation sites excluding steroid dienone is 1. The van der Waals surface area contributed by atoms with Crippen molar-refractivity contribution >= 4 is 46.3 Å². The molecule has 3 aromatic carbocycles. The Hall–Kier alpha value is -4.14. The highest BCUT2D eigenvalue weighted by Gasteiger charge is 2.34. The van der Waals surface area contributed by atoms with Gasteiger partial charge in [0.1, 0.15) is 11.6 Å². The number of hydrogen-bond donors (Lipinski definition) is 3. The monoisotopic (exact) mass is 486 g/mol. The number of oxazole rings is 1. The summed E-state index contributed by atoms with van der Waals surface area (Å²) in [6.45, 7) is 2.24. The number of para-hydroxylation sites is 2. The fourth-order valence-electron chi connectivity index (χ4n) is 4.16. The summed E-state index contributed by atoms with van der Waals surface area (Å²) in [6, 6.07) is 21.9. The number of guanidine groups is 1. The average Bonchev–Trinajstić information content (AvgIpc) is 3.26. The molecule has 0 radical (unpaired) electrons. The van der Waals surface area contributed by atoms with Crippen LogP contribution in [0.15, 0.2) is 93.5 Å². The van der Waals surface area contributed by atoms with Crippen LogP contribution >= 0.6 is 11.6 Å². The molecule has 0 aliphatic carbocycles. The summed E-state index contributed by atoms with van der Waals surface area (Å²) < 4.78 is 5.89. The maximum absolute atomic E-state index is 12.7. The van der Waals surface area contributed by atoms with Crippen molar-refractivity contribution in [3.05, 3.63) is 100 Å². The number of hydrogen-bond acceptors (Lipinski definition) is 7. The number of nitrogens with one attached hydrogen (secondary N) is 1. The molecular formula is C26H23ClN6O2. The zero-order chi connectivity index (χ0) is 24.5. The molecule has 5 N–H and O–H groups in total. The number of aromatic nitrogens is 1. The number of benzene rings is 3. The summed E-state index contributed by atoms with van der Waals surface area (Å²) in [5.74, 6) is -0.176. The minimum Gasteiger partial charge on any atom is -0.423 e. The summed E-state index contributed by atoms with van der Waals surface area (Å²) in [7, 11) is 0. The number of nitrogens with two attached hydrogens (primary N) is 2. The molecule has 0 fully saturated rings. The van der Waals surface area contributed by atoms with Gasteiger partial charge < -0.3 is 15.9 Å². The van der Waals surface area contributed by atoms with Crippen molar-refractivity contribution in [3.63, 3.8) is 0 Å². The van der Waals surface area contributed by atoms with Crippen LogP contribution in [0.1, 0.15) is 24.1 Å². The highest BCUT2D eigenvalue weighted by atomic mass is 35.5. The van der Waals surface area contributed by atoms with E-state index in [4.69, 9.17) is 32.5 Å². The number of nitrogens with zero attached hydrogens (tertiary/aromatic N) is 3.